The number of hydrogen-bond donors (Lipinski definition) is 3. The summed E-state index contributed by atoms with van der Waals surface area (Å²) in [6.07, 6.45) is 1.08. The third kappa shape index (κ3) is 2.53. The van der Waals surface area contributed by atoms with Gasteiger partial charge >= 0.3 is 0 Å². The summed E-state index contributed by atoms with van der Waals surface area (Å²) in [6, 6.07) is 0. The van der Waals surface area contributed by atoms with Gasteiger partial charge in [0.15, 0.2) is 9.84 Å². The van der Waals surface area contributed by atoms with Gasteiger partial charge in [-0.2, -0.15) is 0 Å². The summed E-state index contributed by atoms with van der Waals surface area (Å²) >= 11 is 0.957. The van der Waals surface area contributed by atoms with Gasteiger partial charge in [0.25, 0.3) is 5.91 Å². The zero-order chi connectivity index (χ0) is 14.4. The Kier molecular flexibility index (Phi) is 3.45. The van der Waals surface area contributed by atoms with E-state index in [0.717, 1.165) is 17.6 Å². The van der Waals surface area contributed by atoms with Crippen LogP contribution >= 0.6 is 11.3 Å². The minimum absolute atomic E-state index is 0.0387. The number of primary amides is 1. The van der Waals surface area contributed by atoms with Crippen molar-refractivity contribution in [2.45, 2.75) is 17.4 Å². The number of nitrogens with two attached hydrogens (primary N) is 2. The third-order valence-corrected chi connectivity index (χ3v) is 5.49. The lowest BCUT2D eigenvalue weighted by atomic mass is 10.3. The molecule has 2 rings (SSSR count). The lowest BCUT2D eigenvalue weighted by molar-refractivity contribution is 0.100. The molecule has 0 saturated carbocycles. The number of carbonyl (C=O) groups is 1. The maximum atomic E-state index is 11.8. The fraction of sp³-hybridized carbons (Fsp3) is 0.500. The molecule has 1 aliphatic rings. The predicted octanol–water partition coefficient (Wildman–Crippen LogP) is -0.596. The van der Waals surface area contributed by atoms with Crippen LogP contribution in [0, 0.1) is 0 Å². The largest absolute Gasteiger partial charge is 0.396 e. The molecule has 0 radical (unpaired) electrons. The van der Waals surface area contributed by atoms with Crippen LogP contribution in [0.25, 0.3) is 0 Å². The number of amides is 1. The van der Waals surface area contributed by atoms with E-state index in [-0.39, 0.29) is 15.5 Å². The highest BCUT2D eigenvalue weighted by Gasteiger charge is 2.32. The van der Waals surface area contributed by atoms with Gasteiger partial charge in [0.1, 0.15) is 14.8 Å². The lowest BCUT2D eigenvalue weighted by Crippen LogP contribution is -2.22. The molecule has 1 aromatic heterocycles. The van der Waals surface area contributed by atoms with Crippen LogP contribution in [-0.4, -0.2) is 44.9 Å². The van der Waals surface area contributed by atoms with Crippen molar-refractivity contribution in [3.05, 3.63) is 4.88 Å². The number of carbonyl (C=O) groups excluding carboxylic acids is 1. The minimum Gasteiger partial charge on any atom is -0.396 e. The molecule has 9 heteroatoms. The fourth-order valence-corrected chi connectivity index (χ4v) is 4.69. The van der Waals surface area contributed by atoms with Gasteiger partial charge in [-0.15, -0.1) is 11.3 Å². The monoisotopic (exact) mass is 305 g/mol. The Labute approximate surface area is 114 Å². The minimum atomic E-state index is -3.58. The van der Waals surface area contributed by atoms with E-state index in [1.807, 2.05) is 0 Å². The van der Waals surface area contributed by atoms with Crippen molar-refractivity contribution in [3.63, 3.8) is 0 Å². The van der Waals surface area contributed by atoms with E-state index < -0.39 is 21.8 Å². The quantitative estimate of drug-likeness (QED) is 0.684. The van der Waals surface area contributed by atoms with Gasteiger partial charge in [-0.1, -0.05) is 0 Å². The molecule has 0 bridgehead atoms. The van der Waals surface area contributed by atoms with E-state index in [1.54, 1.807) is 4.90 Å². The summed E-state index contributed by atoms with van der Waals surface area (Å²) < 4.78 is 23.7. The Balaban J connectivity index is 2.59. The molecule has 1 atom stereocenters. The average Bonchev–Trinajstić information content (AvgIpc) is 2.80. The van der Waals surface area contributed by atoms with Crippen LogP contribution in [0.2, 0.25) is 0 Å². The first-order chi connectivity index (χ1) is 8.71. The Hall–Kier alpha value is -1.32. The second-order valence-corrected chi connectivity index (χ2v) is 7.46. The van der Waals surface area contributed by atoms with Crippen molar-refractivity contribution in [3.8, 4) is 0 Å². The molecule has 1 amide bonds. The van der Waals surface area contributed by atoms with E-state index in [9.17, 15) is 18.3 Å². The highest BCUT2D eigenvalue weighted by molar-refractivity contribution is 7.91. The molecule has 0 spiro atoms. The molecule has 1 fully saturated rings. The molecule has 19 heavy (non-hydrogen) atoms. The van der Waals surface area contributed by atoms with Gasteiger partial charge in [0.2, 0.25) is 0 Å². The Bertz CT molecular complexity index is 623. The second kappa shape index (κ2) is 4.66. The fourth-order valence-electron chi connectivity index (χ4n) is 2.09. The van der Waals surface area contributed by atoms with E-state index in [4.69, 9.17) is 11.5 Å². The Morgan fingerprint density at radius 3 is 2.58 bits per heavy atom. The molecule has 2 heterocycles. The number of hydrogen-bond acceptors (Lipinski definition) is 7. The summed E-state index contributed by atoms with van der Waals surface area (Å²) in [5.41, 5.74) is 10.8. The van der Waals surface area contributed by atoms with Gasteiger partial charge in [-0.05, 0) is 6.42 Å². The van der Waals surface area contributed by atoms with Crippen molar-refractivity contribution in [2.24, 2.45) is 5.73 Å². The zero-order valence-electron chi connectivity index (χ0n) is 10.3. The van der Waals surface area contributed by atoms with Crippen LogP contribution in [-0.2, 0) is 9.84 Å². The van der Waals surface area contributed by atoms with Crippen LogP contribution in [0.4, 0.5) is 10.7 Å². The van der Waals surface area contributed by atoms with Crippen molar-refractivity contribution in [1.29, 1.82) is 0 Å². The van der Waals surface area contributed by atoms with Gasteiger partial charge in [-0.25, -0.2) is 8.42 Å². The molecule has 1 aromatic rings. The van der Waals surface area contributed by atoms with Crippen molar-refractivity contribution >= 4 is 37.8 Å². The van der Waals surface area contributed by atoms with Gasteiger partial charge in [0.05, 0.1) is 11.8 Å². The van der Waals surface area contributed by atoms with Crippen LogP contribution in [0.3, 0.4) is 0 Å². The van der Waals surface area contributed by atoms with E-state index in [0.29, 0.717) is 24.5 Å². The Morgan fingerprint density at radius 1 is 1.53 bits per heavy atom. The molecule has 0 aromatic carbocycles. The maximum absolute atomic E-state index is 11.8. The van der Waals surface area contributed by atoms with E-state index in [1.165, 1.54) is 0 Å². The second-order valence-electron chi connectivity index (χ2n) is 4.50. The Morgan fingerprint density at radius 2 is 2.16 bits per heavy atom. The van der Waals surface area contributed by atoms with Crippen LogP contribution in [0.15, 0.2) is 4.90 Å². The van der Waals surface area contributed by atoms with Crippen molar-refractivity contribution < 1.29 is 18.3 Å². The summed E-state index contributed by atoms with van der Waals surface area (Å²) in [4.78, 5) is 13.0. The lowest BCUT2D eigenvalue weighted by Gasteiger charge is -2.17. The SMILES string of the molecule is CS(=O)(=O)c1c(N2CCC(O)C2)sc(C(N)=O)c1N. The van der Waals surface area contributed by atoms with Crippen molar-refractivity contribution in [2.75, 3.05) is 30.0 Å². The summed E-state index contributed by atoms with van der Waals surface area (Å²) in [5.74, 6) is -0.751. The van der Waals surface area contributed by atoms with Crippen LogP contribution in [0.1, 0.15) is 16.1 Å². The van der Waals surface area contributed by atoms with Gasteiger partial charge in [0, 0.05) is 19.3 Å². The normalized spacial score (nSPS) is 19.9. The predicted molar refractivity (Wildman–Crippen MR) is 73.2 cm³/mol. The highest BCUT2D eigenvalue weighted by atomic mass is 32.2. The molecule has 1 aliphatic heterocycles. The van der Waals surface area contributed by atoms with Gasteiger partial charge in [-0.3, -0.25) is 4.79 Å². The number of nitrogen functional groups attached to an aromatic ring is 1. The standard InChI is InChI=1S/C10H15N3O4S2/c1-19(16,17)8-6(11)7(9(12)15)18-10(8)13-3-2-5(14)4-13/h5,14H,2-4,11H2,1H3,(H2,12,15). The number of thiophene rings is 1. The molecular formula is C10H15N3O4S2. The smallest absolute Gasteiger partial charge is 0.261 e. The number of aliphatic hydroxyl groups is 1. The molecule has 1 unspecified atom stereocenters. The number of anilines is 2. The molecule has 0 aliphatic carbocycles. The van der Waals surface area contributed by atoms with E-state index >= 15 is 0 Å². The number of β-amino-alcohol motifs (C(OH)–C–C–N with tert-alkyl or cyclic N) is 1. The molecule has 5 N–H and O–H groups in total. The summed E-state index contributed by atoms with van der Waals surface area (Å²) in [7, 11) is -3.58. The number of sulfone groups is 1. The third-order valence-electron chi connectivity index (χ3n) is 2.93. The number of nitrogens with zero attached hydrogens (tertiary/aromatic N) is 1. The number of rotatable bonds is 3. The van der Waals surface area contributed by atoms with Crippen molar-refractivity contribution in [1.82, 2.24) is 0 Å². The molecule has 1 saturated heterocycles. The first-order valence-electron chi connectivity index (χ1n) is 5.57. The molecule has 106 valence electrons. The molecular weight excluding hydrogens is 290 g/mol. The van der Waals surface area contributed by atoms with E-state index in [2.05, 4.69) is 0 Å². The average molecular weight is 305 g/mol. The highest BCUT2D eigenvalue weighted by Crippen LogP contribution is 2.42. The topological polar surface area (TPSA) is 127 Å². The van der Waals surface area contributed by atoms with Crippen LogP contribution in [0.5, 0.6) is 0 Å². The maximum Gasteiger partial charge on any atom is 0.261 e. The summed E-state index contributed by atoms with van der Waals surface area (Å²) in [5, 5.41) is 9.91. The number of aliphatic hydroxyl groups excluding tert-OH is 1. The van der Waals surface area contributed by atoms with Gasteiger partial charge < -0.3 is 21.5 Å². The zero-order valence-corrected chi connectivity index (χ0v) is 11.9. The molecule has 7 nitrogen and oxygen atoms in total. The summed E-state index contributed by atoms with van der Waals surface area (Å²) in [6.45, 7) is 0.836. The van der Waals surface area contributed by atoms with Crippen LogP contribution < -0.4 is 16.4 Å². The first kappa shape index (κ1) is 14.1. The first-order valence-corrected chi connectivity index (χ1v) is 8.27.